The van der Waals surface area contributed by atoms with Gasteiger partial charge in [-0.05, 0) is 62.3 Å². The SMILES string of the molecule is c1cnc2c(c1)ccc1ccc(-c3ccc(-c4cc5ccc6c7ccccc7sc6c5c5ccccc45)c4ccccc34)nc12. The Labute approximate surface area is 262 Å². The first kappa shape index (κ1) is 24.8. The molecule has 7 aromatic carbocycles. The van der Waals surface area contributed by atoms with E-state index in [-0.39, 0.29) is 0 Å². The number of nitrogens with zero attached hydrogens (tertiary/aromatic N) is 2. The molecular weight excluding hydrogens is 565 g/mol. The van der Waals surface area contributed by atoms with E-state index in [4.69, 9.17) is 4.98 Å². The molecule has 45 heavy (non-hydrogen) atoms. The van der Waals surface area contributed by atoms with E-state index in [1.807, 2.05) is 23.6 Å². The van der Waals surface area contributed by atoms with Gasteiger partial charge in [-0.3, -0.25) is 4.98 Å². The molecule has 2 nitrogen and oxygen atoms in total. The van der Waals surface area contributed by atoms with Crippen LogP contribution < -0.4 is 0 Å². The van der Waals surface area contributed by atoms with Crippen molar-refractivity contribution in [2.75, 3.05) is 0 Å². The Hall–Kier alpha value is -5.64. The Morgan fingerprint density at radius 3 is 1.91 bits per heavy atom. The molecule has 0 aliphatic carbocycles. The first-order valence-electron chi connectivity index (χ1n) is 15.2. The number of thiophene rings is 1. The third-order valence-corrected chi connectivity index (χ3v) is 10.5. The van der Waals surface area contributed by atoms with Crippen molar-refractivity contribution in [1.82, 2.24) is 9.97 Å². The number of benzene rings is 7. The van der Waals surface area contributed by atoms with Gasteiger partial charge in [-0.1, -0.05) is 115 Å². The molecular formula is C42H24N2S. The highest BCUT2D eigenvalue weighted by molar-refractivity contribution is 7.26. The molecule has 0 amide bonds. The predicted octanol–water partition coefficient (Wildman–Crippen LogP) is 11.9. The predicted molar refractivity (Wildman–Crippen MR) is 193 cm³/mol. The summed E-state index contributed by atoms with van der Waals surface area (Å²) in [6.45, 7) is 0. The van der Waals surface area contributed by atoms with E-state index in [1.165, 1.54) is 63.6 Å². The lowest BCUT2D eigenvalue weighted by atomic mass is 9.88. The van der Waals surface area contributed by atoms with Gasteiger partial charge in [-0.2, -0.15) is 0 Å². The van der Waals surface area contributed by atoms with Crippen molar-refractivity contribution in [2.45, 2.75) is 0 Å². The van der Waals surface area contributed by atoms with E-state index in [9.17, 15) is 0 Å². The fourth-order valence-electron chi connectivity index (χ4n) is 7.23. The highest BCUT2D eigenvalue weighted by Crippen LogP contribution is 2.45. The first-order chi connectivity index (χ1) is 22.3. The second-order valence-electron chi connectivity index (χ2n) is 11.7. The van der Waals surface area contributed by atoms with E-state index < -0.39 is 0 Å². The summed E-state index contributed by atoms with van der Waals surface area (Å²) in [5.74, 6) is 0. The zero-order chi connectivity index (χ0) is 29.5. The summed E-state index contributed by atoms with van der Waals surface area (Å²) >= 11 is 1.90. The summed E-state index contributed by atoms with van der Waals surface area (Å²) in [7, 11) is 0. The molecule has 0 N–H and O–H groups in total. The van der Waals surface area contributed by atoms with Crippen LogP contribution in [0, 0.1) is 0 Å². The van der Waals surface area contributed by atoms with Gasteiger partial charge in [-0.25, -0.2) is 4.98 Å². The van der Waals surface area contributed by atoms with Crippen molar-refractivity contribution in [1.29, 1.82) is 0 Å². The molecule has 0 radical (unpaired) electrons. The summed E-state index contributed by atoms with van der Waals surface area (Å²) in [6, 6.07) is 50.6. The maximum Gasteiger partial charge on any atom is 0.0972 e. The number of fused-ring (bicyclic) bond motifs is 11. The van der Waals surface area contributed by atoms with Gasteiger partial charge in [0.05, 0.1) is 16.7 Å². The van der Waals surface area contributed by atoms with E-state index in [2.05, 4.69) is 138 Å². The first-order valence-corrected chi connectivity index (χ1v) is 16.1. The number of hydrogen-bond donors (Lipinski definition) is 0. The van der Waals surface area contributed by atoms with E-state index in [1.54, 1.807) is 0 Å². The third kappa shape index (κ3) is 3.62. The lowest BCUT2D eigenvalue weighted by Crippen LogP contribution is -1.91. The van der Waals surface area contributed by atoms with Gasteiger partial charge in [0.25, 0.3) is 0 Å². The molecule has 3 heteroatoms. The second-order valence-corrected chi connectivity index (χ2v) is 12.8. The maximum absolute atomic E-state index is 5.20. The minimum Gasteiger partial charge on any atom is -0.254 e. The van der Waals surface area contributed by atoms with Crippen molar-refractivity contribution >= 4 is 85.6 Å². The molecule has 0 aliphatic heterocycles. The number of pyridine rings is 2. The zero-order valence-electron chi connectivity index (χ0n) is 24.2. The van der Waals surface area contributed by atoms with Crippen LogP contribution >= 0.6 is 11.3 Å². The summed E-state index contributed by atoms with van der Waals surface area (Å²) < 4.78 is 2.70. The van der Waals surface area contributed by atoms with Crippen LogP contribution in [-0.4, -0.2) is 9.97 Å². The van der Waals surface area contributed by atoms with Gasteiger partial charge >= 0.3 is 0 Å². The van der Waals surface area contributed by atoms with Crippen LogP contribution in [0.1, 0.15) is 0 Å². The Bertz CT molecular complexity index is 2830. The average molecular weight is 589 g/mol. The van der Waals surface area contributed by atoms with Gasteiger partial charge in [0.15, 0.2) is 0 Å². The molecule has 0 fully saturated rings. The topological polar surface area (TPSA) is 25.8 Å². The number of rotatable bonds is 2. The lowest BCUT2D eigenvalue weighted by molar-refractivity contribution is 1.37. The molecule has 0 aliphatic rings. The van der Waals surface area contributed by atoms with Gasteiger partial charge < -0.3 is 0 Å². The van der Waals surface area contributed by atoms with Crippen LogP contribution in [0.25, 0.3) is 96.7 Å². The van der Waals surface area contributed by atoms with E-state index in [0.717, 1.165) is 33.1 Å². The number of aromatic nitrogens is 2. The third-order valence-electron chi connectivity index (χ3n) is 9.29. The quantitative estimate of drug-likeness (QED) is 0.188. The molecule has 0 bridgehead atoms. The number of hydrogen-bond acceptors (Lipinski definition) is 3. The Morgan fingerprint density at radius 2 is 1.07 bits per heavy atom. The smallest absolute Gasteiger partial charge is 0.0972 e. The average Bonchev–Trinajstić information content (AvgIpc) is 3.49. The van der Waals surface area contributed by atoms with Gasteiger partial charge in [0.1, 0.15) is 0 Å². The molecule has 0 unspecified atom stereocenters. The molecule has 10 rings (SSSR count). The van der Waals surface area contributed by atoms with Crippen molar-refractivity contribution in [2.24, 2.45) is 0 Å². The molecule has 0 saturated heterocycles. The van der Waals surface area contributed by atoms with Crippen LogP contribution in [0.5, 0.6) is 0 Å². The maximum atomic E-state index is 5.20. The molecule has 10 aromatic rings. The van der Waals surface area contributed by atoms with E-state index in [0.29, 0.717) is 0 Å². The molecule has 0 spiro atoms. The summed E-state index contributed by atoms with van der Waals surface area (Å²) in [6.07, 6.45) is 1.85. The molecule has 0 saturated carbocycles. The molecule has 0 atom stereocenters. The van der Waals surface area contributed by atoms with Crippen molar-refractivity contribution in [3.63, 3.8) is 0 Å². The van der Waals surface area contributed by atoms with Gasteiger partial charge in [0, 0.05) is 48.1 Å². The van der Waals surface area contributed by atoms with Crippen LogP contribution in [-0.2, 0) is 0 Å². The van der Waals surface area contributed by atoms with Gasteiger partial charge in [0.2, 0.25) is 0 Å². The summed E-state index contributed by atoms with van der Waals surface area (Å²) in [4.78, 5) is 9.89. The van der Waals surface area contributed by atoms with E-state index >= 15 is 0 Å². The lowest BCUT2D eigenvalue weighted by Gasteiger charge is -2.16. The van der Waals surface area contributed by atoms with Crippen molar-refractivity contribution < 1.29 is 0 Å². The fourth-order valence-corrected chi connectivity index (χ4v) is 8.50. The standard InChI is InChI=1S/C42H24N2S/c1-2-10-29-28(9-1)31(20-21-32(29)37-22-18-26-16-15-25-8-7-23-43-40(25)41(26)44-37)36-24-27-17-19-35-33-12-5-6-14-38(33)45-42(35)39(27)34-13-4-3-11-30(34)36/h1-24H. The molecule has 208 valence electrons. The molecule has 3 heterocycles. The zero-order valence-corrected chi connectivity index (χ0v) is 25.0. The normalized spacial score (nSPS) is 12.0. The minimum absolute atomic E-state index is 0.937. The monoisotopic (exact) mass is 588 g/mol. The van der Waals surface area contributed by atoms with Crippen LogP contribution in [0.3, 0.4) is 0 Å². The Balaban J connectivity index is 1.23. The minimum atomic E-state index is 0.937. The fraction of sp³-hybridized carbons (Fsp3) is 0. The molecule has 3 aromatic heterocycles. The van der Waals surface area contributed by atoms with Crippen molar-refractivity contribution in [3.05, 3.63) is 146 Å². The van der Waals surface area contributed by atoms with Crippen LogP contribution in [0.2, 0.25) is 0 Å². The Morgan fingerprint density at radius 1 is 0.422 bits per heavy atom. The highest BCUT2D eigenvalue weighted by atomic mass is 32.1. The largest absolute Gasteiger partial charge is 0.254 e. The summed E-state index contributed by atoms with van der Waals surface area (Å²) in [5.41, 5.74) is 6.44. The highest BCUT2D eigenvalue weighted by Gasteiger charge is 2.17. The van der Waals surface area contributed by atoms with Crippen LogP contribution in [0.15, 0.2) is 146 Å². The summed E-state index contributed by atoms with van der Waals surface area (Å²) in [5, 5.41) is 12.5. The van der Waals surface area contributed by atoms with Crippen molar-refractivity contribution in [3.8, 4) is 22.4 Å². The Kier molecular flexibility index (Phi) is 5.19. The second kappa shape index (κ2) is 9.43. The van der Waals surface area contributed by atoms with Gasteiger partial charge in [-0.15, -0.1) is 11.3 Å². The van der Waals surface area contributed by atoms with Crippen LogP contribution in [0.4, 0.5) is 0 Å².